The molecule has 0 saturated carbocycles. The van der Waals surface area contributed by atoms with Crippen molar-refractivity contribution < 1.29 is 9.63 Å². The first-order chi connectivity index (χ1) is 5.95. The van der Waals surface area contributed by atoms with Gasteiger partial charge < -0.3 is 5.73 Å². The molecule has 0 fully saturated rings. The summed E-state index contributed by atoms with van der Waals surface area (Å²) in [5.41, 5.74) is 7.92. The largest absolute Gasteiger partial charge is 0.320 e. The second-order valence-electron chi connectivity index (χ2n) is 3.94. The van der Waals surface area contributed by atoms with Crippen molar-refractivity contribution in [3.63, 3.8) is 0 Å². The maximum Gasteiger partial charge on any atom is 0.260 e. The second-order valence-corrected chi connectivity index (χ2v) is 3.94. The lowest BCUT2D eigenvalue weighted by Gasteiger charge is -2.15. The Morgan fingerprint density at radius 2 is 1.92 bits per heavy atom. The lowest BCUT2D eigenvalue weighted by molar-refractivity contribution is -0.136. The molecule has 0 aromatic rings. The first kappa shape index (κ1) is 12.4. The fraction of sp³-hybridized carbons (Fsp3) is 0.889. The molecule has 0 saturated heterocycles. The van der Waals surface area contributed by atoms with E-state index in [9.17, 15) is 4.79 Å². The van der Waals surface area contributed by atoms with E-state index >= 15 is 0 Å². The Balaban J connectivity index is 3.62. The zero-order valence-electron chi connectivity index (χ0n) is 8.83. The van der Waals surface area contributed by atoms with Crippen LogP contribution in [0.4, 0.5) is 0 Å². The van der Waals surface area contributed by atoms with Crippen LogP contribution in [0.2, 0.25) is 0 Å². The topological polar surface area (TPSA) is 64.3 Å². The maximum absolute atomic E-state index is 11.2. The Hall–Kier alpha value is -0.610. The van der Waals surface area contributed by atoms with Gasteiger partial charge in [-0.25, -0.2) is 5.48 Å². The van der Waals surface area contributed by atoms with Crippen LogP contribution in [0, 0.1) is 11.8 Å². The van der Waals surface area contributed by atoms with Crippen molar-refractivity contribution in [3.8, 4) is 0 Å². The summed E-state index contributed by atoms with van der Waals surface area (Å²) in [6.45, 7) is 8.32. The number of hydrogen-bond donors (Lipinski definition) is 2. The molecule has 4 nitrogen and oxygen atoms in total. The number of rotatable bonds is 5. The molecule has 0 heterocycles. The van der Waals surface area contributed by atoms with Gasteiger partial charge in [0.15, 0.2) is 0 Å². The Kier molecular flexibility index (Phi) is 5.66. The molecule has 13 heavy (non-hydrogen) atoms. The van der Waals surface area contributed by atoms with Gasteiger partial charge in [0.2, 0.25) is 0 Å². The van der Waals surface area contributed by atoms with Gasteiger partial charge in [-0.05, 0) is 11.8 Å². The Bertz CT molecular complexity index is 158. The van der Waals surface area contributed by atoms with Gasteiger partial charge in [-0.1, -0.05) is 27.7 Å². The van der Waals surface area contributed by atoms with Crippen molar-refractivity contribution in [1.29, 1.82) is 0 Å². The molecule has 3 N–H and O–H groups in total. The lowest BCUT2D eigenvalue weighted by atomic mass is 10.1. The molecule has 0 bridgehead atoms. The summed E-state index contributed by atoms with van der Waals surface area (Å²) in [4.78, 5) is 16.2. The average molecular weight is 188 g/mol. The molecule has 0 spiro atoms. The fourth-order valence-corrected chi connectivity index (χ4v) is 0.650. The minimum absolute atomic E-state index is 0.127. The van der Waals surface area contributed by atoms with Crippen LogP contribution in [0.15, 0.2) is 0 Å². The monoisotopic (exact) mass is 188 g/mol. The van der Waals surface area contributed by atoms with E-state index in [1.807, 2.05) is 27.7 Å². The van der Waals surface area contributed by atoms with E-state index < -0.39 is 6.04 Å². The fourth-order valence-electron chi connectivity index (χ4n) is 0.650. The molecule has 0 aromatic carbocycles. The van der Waals surface area contributed by atoms with Gasteiger partial charge in [0.25, 0.3) is 5.91 Å². The summed E-state index contributed by atoms with van der Waals surface area (Å²) in [6, 6.07) is -0.493. The molecular weight excluding hydrogens is 168 g/mol. The van der Waals surface area contributed by atoms with Gasteiger partial charge >= 0.3 is 0 Å². The van der Waals surface area contributed by atoms with E-state index in [0.717, 1.165) is 0 Å². The van der Waals surface area contributed by atoms with Crippen LogP contribution in [0.1, 0.15) is 27.7 Å². The van der Waals surface area contributed by atoms with Crippen LogP contribution in [-0.4, -0.2) is 18.6 Å². The van der Waals surface area contributed by atoms with E-state index in [2.05, 4.69) is 5.48 Å². The second kappa shape index (κ2) is 5.94. The Morgan fingerprint density at radius 1 is 1.38 bits per heavy atom. The molecular formula is C9H20N2O2. The van der Waals surface area contributed by atoms with Crippen LogP contribution in [0.5, 0.6) is 0 Å². The molecule has 1 atom stereocenters. The molecule has 0 radical (unpaired) electrons. The van der Waals surface area contributed by atoms with E-state index in [-0.39, 0.29) is 11.8 Å². The maximum atomic E-state index is 11.2. The van der Waals surface area contributed by atoms with Crippen LogP contribution in [0.3, 0.4) is 0 Å². The zero-order valence-corrected chi connectivity index (χ0v) is 8.83. The van der Waals surface area contributed by atoms with Crippen molar-refractivity contribution in [2.75, 3.05) is 6.61 Å². The van der Waals surface area contributed by atoms with Gasteiger partial charge in [0, 0.05) is 0 Å². The number of carbonyl (C=O) groups excluding carboxylic acids is 1. The number of carbonyl (C=O) groups is 1. The first-order valence-corrected chi connectivity index (χ1v) is 4.62. The van der Waals surface area contributed by atoms with Crippen molar-refractivity contribution >= 4 is 5.91 Å². The van der Waals surface area contributed by atoms with E-state index in [0.29, 0.717) is 12.5 Å². The third-order valence-corrected chi connectivity index (χ3v) is 1.61. The van der Waals surface area contributed by atoms with Crippen LogP contribution in [-0.2, 0) is 9.63 Å². The summed E-state index contributed by atoms with van der Waals surface area (Å²) < 4.78 is 0. The summed E-state index contributed by atoms with van der Waals surface area (Å²) in [5, 5.41) is 0. The third kappa shape index (κ3) is 5.60. The summed E-state index contributed by atoms with van der Waals surface area (Å²) >= 11 is 0. The van der Waals surface area contributed by atoms with Crippen molar-refractivity contribution in [3.05, 3.63) is 0 Å². The smallest absolute Gasteiger partial charge is 0.260 e. The highest BCUT2D eigenvalue weighted by Crippen LogP contribution is 1.98. The average Bonchev–Trinajstić information content (AvgIpc) is 2.02. The number of hydroxylamine groups is 1. The third-order valence-electron chi connectivity index (χ3n) is 1.61. The van der Waals surface area contributed by atoms with Gasteiger partial charge in [0.1, 0.15) is 0 Å². The number of nitrogens with two attached hydrogens (primary N) is 1. The summed E-state index contributed by atoms with van der Waals surface area (Å²) in [6.07, 6.45) is 0. The van der Waals surface area contributed by atoms with Gasteiger partial charge in [0.05, 0.1) is 12.6 Å². The first-order valence-electron chi connectivity index (χ1n) is 4.62. The van der Waals surface area contributed by atoms with Crippen LogP contribution >= 0.6 is 0 Å². The van der Waals surface area contributed by atoms with Crippen molar-refractivity contribution in [1.82, 2.24) is 5.48 Å². The number of amides is 1. The van der Waals surface area contributed by atoms with Crippen molar-refractivity contribution in [2.45, 2.75) is 33.7 Å². The van der Waals surface area contributed by atoms with Crippen LogP contribution in [0.25, 0.3) is 0 Å². The van der Waals surface area contributed by atoms with Crippen molar-refractivity contribution in [2.24, 2.45) is 17.6 Å². The molecule has 0 aliphatic carbocycles. The highest BCUT2D eigenvalue weighted by atomic mass is 16.7. The zero-order chi connectivity index (χ0) is 10.4. The minimum atomic E-state index is -0.493. The molecule has 78 valence electrons. The van der Waals surface area contributed by atoms with E-state index in [1.165, 1.54) is 0 Å². The van der Waals surface area contributed by atoms with E-state index in [4.69, 9.17) is 10.6 Å². The molecule has 4 heteroatoms. The molecule has 0 rings (SSSR count). The Labute approximate surface area is 79.8 Å². The predicted octanol–water partition coefficient (Wildman–Crippen LogP) is 0.673. The quantitative estimate of drug-likeness (QED) is 0.623. The van der Waals surface area contributed by atoms with E-state index in [1.54, 1.807) is 0 Å². The summed E-state index contributed by atoms with van der Waals surface area (Å²) in [5.74, 6) is 0.272. The number of nitrogens with one attached hydrogen (secondary N) is 1. The lowest BCUT2D eigenvalue weighted by Crippen LogP contribution is -2.44. The SMILES string of the molecule is CC(C)CONC(=O)C(N)C(C)C. The van der Waals surface area contributed by atoms with Gasteiger partial charge in [-0.15, -0.1) is 0 Å². The highest BCUT2D eigenvalue weighted by molar-refractivity contribution is 5.80. The van der Waals surface area contributed by atoms with Crippen LogP contribution < -0.4 is 11.2 Å². The van der Waals surface area contributed by atoms with Gasteiger partial charge in [-0.3, -0.25) is 9.63 Å². The highest BCUT2D eigenvalue weighted by Gasteiger charge is 2.16. The molecule has 0 aliphatic rings. The Morgan fingerprint density at radius 3 is 2.31 bits per heavy atom. The number of hydrogen-bond acceptors (Lipinski definition) is 3. The molecule has 0 aromatic heterocycles. The molecule has 1 amide bonds. The molecule has 1 unspecified atom stereocenters. The predicted molar refractivity (Wildman–Crippen MR) is 51.7 cm³/mol. The minimum Gasteiger partial charge on any atom is -0.320 e. The summed E-state index contributed by atoms with van der Waals surface area (Å²) in [7, 11) is 0. The standard InChI is InChI=1S/C9H20N2O2/c1-6(2)5-13-11-9(12)8(10)7(3)4/h6-8H,5,10H2,1-4H3,(H,11,12). The molecule has 0 aliphatic heterocycles. The van der Waals surface area contributed by atoms with Gasteiger partial charge in [-0.2, -0.15) is 0 Å². The normalized spacial score (nSPS) is 13.5.